The molecule has 0 fully saturated rings. The Balaban J connectivity index is 2.74. The van der Waals surface area contributed by atoms with Crippen LogP contribution in [0.4, 0.5) is 13.2 Å². The Morgan fingerprint density at radius 3 is 2.38 bits per heavy atom. The topological polar surface area (TPSA) is 71.2 Å². The van der Waals surface area contributed by atoms with Crippen LogP contribution in [0.5, 0.6) is 0 Å². The summed E-state index contributed by atoms with van der Waals surface area (Å²) in [5.74, 6) is 0. The summed E-state index contributed by atoms with van der Waals surface area (Å²) in [5, 5.41) is 25.2. The van der Waals surface area contributed by atoms with Crippen LogP contribution in [0.2, 0.25) is 0 Å². The Hall–Kier alpha value is -1.15. The molecule has 0 aliphatic carbocycles. The van der Waals surface area contributed by atoms with Gasteiger partial charge in [-0.1, -0.05) is 5.21 Å². The predicted octanol–water partition coefficient (Wildman–Crippen LogP) is 0.429. The zero-order chi connectivity index (χ0) is 12.6. The first kappa shape index (κ1) is 12.9. The van der Waals surface area contributed by atoms with E-state index < -0.39 is 24.4 Å². The van der Waals surface area contributed by atoms with Gasteiger partial charge in [-0.2, -0.15) is 13.2 Å². The Labute approximate surface area is 89.5 Å². The third-order valence-electron chi connectivity index (χ3n) is 1.90. The largest absolute Gasteiger partial charge is 0.416 e. The highest BCUT2D eigenvalue weighted by atomic mass is 19.4. The van der Waals surface area contributed by atoms with Crippen LogP contribution in [-0.2, 0) is 12.1 Å². The second kappa shape index (κ2) is 4.02. The van der Waals surface area contributed by atoms with Crippen molar-refractivity contribution in [3.8, 4) is 0 Å². The number of nitrogens with zero attached hydrogens (tertiary/aromatic N) is 3. The van der Waals surface area contributed by atoms with Crippen molar-refractivity contribution in [3.05, 3.63) is 11.9 Å². The number of rotatable bonds is 3. The van der Waals surface area contributed by atoms with E-state index in [9.17, 15) is 18.3 Å². The van der Waals surface area contributed by atoms with E-state index in [2.05, 4.69) is 10.3 Å². The molecule has 0 saturated carbocycles. The van der Waals surface area contributed by atoms with Gasteiger partial charge in [0.05, 0.1) is 12.7 Å². The first-order chi connectivity index (χ1) is 7.10. The minimum absolute atomic E-state index is 0.141. The fraction of sp³-hybridized carbons (Fsp3) is 0.750. The van der Waals surface area contributed by atoms with Crippen molar-refractivity contribution >= 4 is 0 Å². The van der Waals surface area contributed by atoms with Crippen LogP contribution in [0.1, 0.15) is 19.5 Å². The second-order valence-electron chi connectivity index (χ2n) is 3.94. The minimum atomic E-state index is -4.69. The summed E-state index contributed by atoms with van der Waals surface area (Å²) in [7, 11) is 0. The summed E-state index contributed by atoms with van der Waals surface area (Å²) in [6.07, 6.45) is -6.03. The van der Waals surface area contributed by atoms with E-state index in [0.29, 0.717) is 0 Å². The van der Waals surface area contributed by atoms with Crippen LogP contribution in [-0.4, -0.2) is 37.5 Å². The first-order valence-electron chi connectivity index (χ1n) is 4.48. The van der Waals surface area contributed by atoms with Crippen molar-refractivity contribution in [2.45, 2.75) is 38.3 Å². The highest BCUT2D eigenvalue weighted by Gasteiger charge is 2.38. The number of aromatic nitrogens is 3. The van der Waals surface area contributed by atoms with E-state index in [4.69, 9.17) is 5.11 Å². The van der Waals surface area contributed by atoms with Crippen LogP contribution < -0.4 is 0 Å². The van der Waals surface area contributed by atoms with E-state index in [0.717, 1.165) is 10.9 Å². The van der Waals surface area contributed by atoms with Gasteiger partial charge >= 0.3 is 6.18 Å². The molecule has 92 valence electrons. The van der Waals surface area contributed by atoms with Crippen LogP contribution in [0.25, 0.3) is 0 Å². The lowest BCUT2D eigenvalue weighted by Crippen LogP contribution is -2.33. The van der Waals surface area contributed by atoms with Crippen molar-refractivity contribution in [1.82, 2.24) is 15.0 Å². The number of alkyl halides is 3. The van der Waals surface area contributed by atoms with E-state index in [1.165, 1.54) is 13.8 Å². The van der Waals surface area contributed by atoms with Crippen LogP contribution in [0, 0.1) is 0 Å². The fourth-order valence-electron chi connectivity index (χ4n) is 0.949. The molecule has 0 aromatic carbocycles. The molecule has 2 N–H and O–H groups in total. The van der Waals surface area contributed by atoms with E-state index in [-0.39, 0.29) is 5.69 Å². The Morgan fingerprint density at radius 2 is 2.00 bits per heavy atom. The lowest BCUT2D eigenvalue weighted by atomic mass is 10.1. The number of halogens is 3. The summed E-state index contributed by atoms with van der Waals surface area (Å²) in [5.41, 5.74) is -1.14. The maximum absolute atomic E-state index is 12.0. The molecule has 1 heterocycles. The van der Waals surface area contributed by atoms with Gasteiger partial charge < -0.3 is 10.2 Å². The first-order valence-corrected chi connectivity index (χ1v) is 4.48. The molecule has 0 radical (unpaired) electrons. The molecule has 0 aliphatic heterocycles. The van der Waals surface area contributed by atoms with E-state index >= 15 is 0 Å². The van der Waals surface area contributed by atoms with Gasteiger partial charge in [-0.3, -0.25) is 0 Å². The normalized spacial score (nSPS) is 15.2. The Morgan fingerprint density at radius 1 is 1.44 bits per heavy atom. The van der Waals surface area contributed by atoms with Crippen molar-refractivity contribution < 1.29 is 23.4 Å². The predicted molar refractivity (Wildman–Crippen MR) is 47.3 cm³/mol. The summed E-state index contributed by atoms with van der Waals surface area (Å²) in [6, 6.07) is 0. The van der Waals surface area contributed by atoms with Crippen LogP contribution in [0.15, 0.2) is 6.20 Å². The molecule has 0 amide bonds. The zero-order valence-corrected chi connectivity index (χ0v) is 8.73. The van der Waals surface area contributed by atoms with Crippen molar-refractivity contribution in [2.75, 3.05) is 0 Å². The molecule has 8 heteroatoms. The van der Waals surface area contributed by atoms with E-state index in [1.807, 2.05) is 0 Å². The number of aliphatic hydroxyl groups excluding tert-OH is 1. The maximum Gasteiger partial charge on any atom is 0.416 e. The molecule has 5 nitrogen and oxygen atoms in total. The van der Waals surface area contributed by atoms with Gasteiger partial charge in [-0.05, 0) is 13.8 Å². The summed E-state index contributed by atoms with van der Waals surface area (Å²) >= 11 is 0. The van der Waals surface area contributed by atoms with Gasteiger partial charge in [-0.25, -0.2) is 4.68 Å². The summed E-state index contributed by atoms with van der Waals surface area (Å²) in [4.78, 5) is 0. The Kier molecular flexibility index (Phi) is 3.25. The van der Waals surface area contributed by atoms with Gasteiger partial charge in [0.2, 0.25) is 0 Å². The fourth-order valence-corrected chi connectivity index (χ4v) is 0.949. The second-order valence-corrected chi connectivity index (χ2v) is 3.94. The van der Waals surface area contributed by atoms with Gasteiger partial charge in [-0.15, -0.1) is 5.10 Å². The number of aliphatic hydroxyl groups is 2. The van der Waals surface area contributed by atoms with Crippen molar-refractivity contribution in [3.63, 3.8) is 0 Å². The van der Waals surface area contributed by atoms with Gasteiger partial charge in [0.25, 0.3) is 0 Å². The lowest BCUT2D eigenvalue weighted by Gasteiger charge is -2.14. The van der Waals surface area contributed by atoms with Gasteiger partial charge in [0, 0.05) is 0 Å². The molecule has 0 saturated heterocycles. The average molecular weight is 239 g/mol. The molecular weight excluding hydrogens is 227 g/mol. The SMILES string of the molecule is CC(C)(O)c1cn(CC(O)C(F)(F)F)nn1. The monoisotopic (exact) mass is 239 g/mol. The molecule has 0 aliphatic rings. The van der Waals surface area contributed by atoms with Gasteiger partial charge in [0.1, 0.15) is 11.3 Å². The lowest BCUT2D eigenvalue weighted by molar-refractivity contribution is -0.208. The summed E-state index contributed by atoms with van der Waals surface area (Å²) < 4.78 is 36.9. The third kappa shape index (κ3) is 3.17. The molecule has 1 unspecified atom stereocenters. The number of hydrogen-bond acceptors (Lipinski definition) is 4. The standard InChI is InChI=1S/C8H12F3N3O2/c1-7(2,16)5-3-14(13-12-5)4-6(15)8(9,10)11/h3,6,15-16H,4H2,1-2H3. The van der Waals surface area contributed by atoms with Crippen LogP contribution >= 0.6 is 0 Å². The molecule has 16 heavy (non-hydrogen) atoms. The Bertz CT molecular complexity index is 356. The van der Waals surface area contributed by atoms with Crippen molar-refractivity contribution in [1.29, 1.82) is 0 Å². The van der Waals surface area contributed by atoms with Gasteiger partial charge in [0.15, 0.2) is 6.10 Å². The molecule has 0 bridgehead atoms. The average Bonchev–Trinajstić information content (AvgIpc) is 2.49. The van der Waals surface area contributed by atoms with Crippen molar-refractivity contribution in [2.24, 2.45) is 0 Å². The highest BCUT2D eigenvalue weighted by Crippen LogP contribution is 2.21. The van der Waals surface area contributed by atoms with Crippen LogP contribution in [0.3, 0.4) is 0 Å². The quantitative estimate of drug-likeness (QED) is 0.802. The number of hydrogen-bond donors (Lipinski definition) is 2. The third-order valence-corrected chi connectivity index (χ3v) is 1.90. The molecule has 0 spiro atoms. The molecule has 1 aromatic heterocycles. The maximum atomic E-state index is 12.0. The van der Waals surface area contributed by atoms with E-state index in [1.54, 1.807) is 0 Å². The smallest absolute Gasteiger partial charge is 0.384 e. The molecular formula is C8H12F3N3O2. The molecule has 1 aromatic rings. The molecule has 1 atom stereocenters. The molecule has 1 rings (SSSR count). The highest BCUT2D eigenvalue weighted by molar-refractivity contribution is 5.02. The summed E-state index contributed by atoms with van der Waals surface area (Å²) in [6.45, 7) is 2.12. The zero-order valence-electron chi connectivity index (χ0n) is 8.73. The minimum Gasteiger partial charge on any atom is -0.384 e.